The molecule has 0 fully saturated rings. The van der Waals surface area contributed by atoms with Crippen molar-refractivity contribution in [1.29, 1.82) is 0 Å². The maximum Gasteiger partial charge on any atom is 0.128 e. The van der Waals surface area contributed by atoms with Crippen LogP contribution in [0.1, 0.15) is 21.5 Å². The number of hydrogen-bond acceptors (Lipinski definition) is 0. The van der Waals surface area contributed by atoms with Gasteiger partial charge in [0.2, 0.25) is 0 Å². The third-order valence-electron chi connectivity index (χ3n) is 2.78. The van der Waals surface area contributed by atoms with Crippen LogP contribution >= 0.6 is 43.5 Å². The Kier molecular flexibility index (Phi) is 4.64. The summed E-state index contributed by atoms with van der Waals surface area (Å²) in [6.45, 7) is 1.53. The van der Waals surface area contributed by atoms with Crippen molar-refractivity contribution in [3.05, 3.63) is 68.2 Å². The maximum atomic E-state index is 14.0. The van der Waals surface area contributed by atoms with Crippen molar-refractivity contribution in [1.82, 2.24) is 0 Å². The van der Waals surface area contributed by atoms with Crippen LogP contribution in [0.15, 0.2) is 34.8 Å². The van der Waals surface area contributed by atoms with Gasteiger partial charge in [0.1, 0.15) is 11.6 Å². The molecule has 0 amide bonds. The van der Waals surface area contributed by atoms with Gasteiger partial charge in [0.05, 0.1) is 4.83 Å². The number of hydrogen-bond donors (Lipinski definition) is 0. The molecule has 5 heteroatoms. The van der Waals surface area contributed by atoms with Gasteiger partial charge in [0.25, 0.3) is 0 Å². The van der Waals surface area contributed by atoms with Crippen LogP contribution in [0.3, 0.4) is 0 Å². The van der Waals surface area contributed by atoms with Crippen LogP contribution in [0.25, 0.3) is 0 Å². The summed E-state index contributed by atoms with van der Waals surface area (Å²) in [6, 6.07) is 7.60. The van der Waals surface area contributed by atoms with E-state index in [1.54, 1.807) is 18.2 Å². The molecule has 0 spiro atoms. The molecule has 2 aromatic carbocycles. The van der Waals surface area contributed by atoms with Gasteiger partial charge in [0, 0.05) is 15.1 Å². The minimum atomic E-state index is -0.476. The lowest BCUT2D eigenvalue weighted by atomic mass is 10.0. The van der Waals surface area contributed by atoms with Gasteiger partial charge in [-0.05, 0) is 48.4 Å². The number of rotatable bonds is 2. The van der Waals surface area contributed by atoms with Gasteiger partial charge >= 0.3 is 0 Å². The summed E-state index contributed by atoms with van der Waals surface area (Å²) < 4.78 is 28.3. The van der Waals surface area contributed by atoms with E-state index >= 15 is 0 Å². The molecule has 1 atom stereocenters. The molecule has 0 aromatic heterocycles. The first kappa shape index (κ1) is 14.9. The molecule has 0 aliphatic heterocycles. The first-order chi connectivity index (χ1) is 8.90. The number of benzene rings is 2. The quantitative estimate of drug-likeness (QED) is 0.519. The smallest absolute Gasteiger partial charge is 0.128 e. The van der Waals surface area contributed by atoms with E-state index in [2.05, 4.69) is 31.9 Å². The van der Waals surface area contributed by atoms with Crippen molar-refractivity contribution in [2.24, 2.45) is 0 Å². The highest BCUT2D eigenvalue weighted by Crippen LogP contribution is 2.38. The summed E-state index contributed by atoms with van der Waals surface area (Å²) >= 11 is 12.7. The highest BCUT2D eigenvalue weighted by molar-refractivity contribution is 9.11. The van der Waals surface area contributed by atoms with Gasteiger partial charge in [-0.3, -0.25) is 0 Å². The molecular weight excluding hydrogens is 401 g/mol. The van der Waals surface area contributed by atoms with E-state index in [-0.39, 0.29) is 11.1 Å². The zero-order chi connectivity index (χ0) is 14.2. The maximum absolute atomic E-state index is 14.0. The molecule has 0 saturated carbocycles. The summed E-state index contributed by atoms with van der Waals surface area (Å²) in [5.41, 5.74) is 1.27. The fourth-order valence-electron chi connectivity index (χ4n) is 1.73. The molecule has 2 rings (SSSR count). The Morgan fingerprint density at radius 1 is 1.05 bits per heavy atom. The highest BCUT2D eigenvalue weighted by atomic mass is 79.9. The minimum absolute atomic E-state index is 0.242. The average molecular weight is 410 g/mol. The normalized spacial score (nSPS) is 12.5. The number of halogens is 5. The van der Waals surface area contributed by atoms with Crippen LogP contribution in [-0.2, 0) is 0 Å². The van der Waals surface area contributed by atoms with Gasteiger partial charge < -0.3 is 0 Å². The topological polar surface area (TPSA) is 0 Å². The van der Waals surface area contributed by atoms with Crippen molar-refractivity contribution < 1.29 is 8.78 Å². The van der Waals surface area contributed by atoms with Gasteiger partial charge in [-0.2, -0.15) is 0 Å². The van der Waals surface area contributed by atoms with Crippen LogP contribution in [0.2, 0.25) is 5.02 Å². The van der Waals surface area contributed by atoms with Crippen LogP contribution in [-0.4, -0.2) is 0 Å². The Morgan fingerprint density at radius 3 is 2.42 bits per heavy atom. The van der Waals surface area contributed by atoms with Crippen molar-refractivity contribution in [3.8, 4) is 0 Å². The van der Waals surface area contributed by atoms with Crippen molar-refractivity contribution >= 4 is 43.5 Å². The van der Waals surface area contributed by atoms with Gasteiger partial charge in [-0.15, -0.1) is 0 Å². The Balaban J connectivity index is 2.52. The fraction of sp³-hybridized carbons (Fsp3) is 0.143. The van der Waals surface area contributed by atoms with Gasteiger partial charge in [-0.25, -0.2) is 8.78 Å². The largest absolute Gasteiger partial charge is 0.207 e. The molecule has 0 saturated heterocycles. The van der Waals surface area contributed by atoms with Gasteiger partial charge in [-0.1, -0.05) is 43.5 Å². The number of aryl methyl sites for hydroxylation is 1. The van der Waals surface area contributed by atoms with Crippen molar-refractivity contribution in [2.75, 3.05) is 0 Å². The monoisotopic (exact) mass is 408 g/mol. The Hall–Kier alpha value is -0.450. The Morgan fingerprint density at radius 2 is 1.74 bits per heavy atom. The standard InChI is InChI=1S/C14H9Br2ClF2/c1-7-4-13(19)10(6-12(7)18)14(16)9-5-8(17)2-3-11(9)15/h2-6,14H,1H3. The summed E-state index contributed by atoms with van der Waals surface area (Å²) in [7, 11) is 0. The zero-order valence-corrected chi connectivity index (χ0v) is 13.8. The average Bonchev–Trinajstić information content (AvgIpc) is 2.36. The lowest BCUT2D eigenvalue weighted by Crippen LogP contribution is -2.00. The minimum Gasteiger partial charge on any atom is -0.207 e. The van der Waals surface area contributed by atoms with Crippen LogP contribution in [0, 0.1) is 18.6 Å². The molecule has 19 heavy (non-hydrogen) atoms. The third kappa shape index (κ3) is 3.18. The van der Waals surface area contributed by atoms with E-state index < -0.39 is 16.5 Å². The summed E-state index contributed by atoms with van der Waals surface area (Å²) in [6.07, 6.45) is 0. The van der Waals surface area contributed by atoms with E-state index in [9.17, 15) is 8.78 Å². The Labute approximate surface area is 132 Å². The molecule has 0 heterocycles. The first-order valence-electron chi connectivity index (χ1n) is 5.44. The van der Waals surface area contributed by atoms with Gasteiger partial charge in [0.15, 0.2) is 0 Å². The fourth-order valence-corrected chi connectivity index (χ4v) is 3.43. The van der Waals surface area contributed by atoms with E-state index in [1.807, 2.05) is 0 Å². The molecule has 0 aliphatic carbocycles. The summed E-state index contributed by atoms with van der Waals surface area (Å²) in [4.78, 5) is -0.476. The molecule has 0 nitrogen and oxygen atoms in total. The van der Waals surface area contributed by atoms with Crippen LogP contribution in [0.5, 0.6) is 0 Å². The molecule has 0 aliphatic rings. The second kappa shape index (κ2) is 5.90. The SMILES string of the molecule is Cc1cc(F)c(C(Br)c2cc(Cl)ccc2Br)cc1F. The molecule has 0 N–H and O–H groups in total. The molecule has 2 aromatic rings. The molecule has 100 valence electrons. The van der Waals surface area contributed by atoms with Crippen molar-refractivity contribution in [2.45, 2.75) is 11.8 Å². The summed E-state index contributed by atoms with van der Waals surface area (Å²) in [5, 5.41) is 0.538. The Bertz CT molecular complexity index is 629. The zero-order valence-electron chi connectivity index (χ0n) is 9.85. The van der Waals surface area contributed by atoms with E-state index in [4.69, 9.17) is 11.6 Å². The van der Waals surface area contributed by atoms with Crippen LogP contribution in [0.4, 0.5) is 8.78 Å². The third-order valence-corrected chi connectivity index (χ3v) is 4.73. The predicted molar refractivity (Wildman–Crippen MR) is 81.0 cm³/mol. The lowest BCUT2D eigenvalue weighted by Gasteiger charge is -2.15. The predicted octanol–water partition coefficient (Wildman–Crippen LogP) is 6.17. The molecule has 0 radical (unpaired) electrons. The molecule has 0 bridgehead atoms. The summed E-state index contributed by atoms with van der Waals surface area (Å²) in [5.74, 6) is -0.883. The highest BCUT2D eigenvalue weighted by Gasteiger charge is 2.19. The first-order valence-corrected chi connectivity index (χ1v) is 7.53. The number of alkyl halides is 1. The second-order valence-electron chi connectivity index (χ2n) is 4.15. The lowest BCUT2D eigenvalue weighted by molar-refractivity contribution is 0.581. The molecular formula is C14H9Br2ClF2. The second-order valence-corrected chi connectivity index (χ2v) is 6.36. The molecule has 1 unspecified atom stereocenters. The van der Waals surface area contributed by atoms with E-state index in [0.717, 1.165) is 10.0 Å². The van der Waals surface area contributed by atoms with E-state index in [0.29, 0.717) is 5.02 Å². The van der Waals surface area contributed by atoms with Crippen LogP contribution < -0.4 is 0 Å². The van der Waals surface area contributed by atoms with Crippen molar-refractivity contribution in [3.63, 3.8) is 0 Å². The van der Waals surface area contributed by atoms with E-state index in [1.165, 1.54) is 19.1 Å².